The van der Waals surface area contributed by atoms with E-state index in [1.54, 1.807) is 65.7 Å². The van der Waals surface area contributed by atoms with E-state index in [9.17, 15) is 9.59 Å². The van der Waals surface area contributed by atoms with Crippen molar-refractivity contribution in [3.8, 4) is 0 Å². The third-order valence-corrected chi connectivity index (χ3v) is 4.41. The summed E-state index contributed by atoms with van der Waals surface area (Å²) >= 11 is 0. The van der Waals surface area contributed by atoms with Crippen LogP contribution in [0.5, 0.6) is 0 Å². The van der Waals surface area contributed by atoms with Crippen molar-refractivity contribution in [3.05, 3.63) is 103 Å². The normalized spacial score (nSPS) is 10.3. The molecule has 8 nitrogen and oxygen atoms in total. The van der Waals surface area contributed by atoms with E-state index in [0.29, 0.717) is 29.3 Å². The van der Waals surface area contributed by atoms with E-state index in [-0.39, 0.29) is 11.9 Å². The fourth-order valence-corrected chi connectivity index (χ4v) is 2.90. The average Bonchev–Trinajstić information content (AvgIpc) is 3.22. The summed E-state index contributed by atoms with van der Waals surface area (Å²) in [5.41, 5.74) is 2.79. The molecular formula is C23H20N6O2. The van der Waals surface area contributed by atoms with Crippen LogP contribution >= 0.6 is 0 Å². The third-order valence-electron chi connectivity index (χ3n) is 4.41. The van der Waals surface area contributed by atoms with Crippen LogP contribution in [0.25, 0.3) is 0 Å². The number of carbonyl (C=O) groups excluding carboxylic acids is 2. The number of para-hydroxylation sites is 1. The zero-order chi connectivity index (χ0) is 21.5. The molecule has 8 heteroatoms. The van der Waals surface area contributed by atoms with E-state index >= 15 is 0 Å². The van der Waals surface area contributed by atoms with Gasteiger partial charge in [0.05, 0.1) is 6.54 Å². The number of urea groups is 1. The number of anilines is 3. The minimum Gasteiger partial charge on any atom is -0.308 e. The molecule has 0 saturated carbocycles. The lowest BCUT2D eigenvalue weighted by atomic mass is 10.2. The molecule has 2 heterocycles. The number of rotatable bonds is 6. The molecule has 0 bridgehead atoms. The van der Waals surface area contributed by atoms with Gasteiger partial charge in [0.1, 0.15) is 0 Å². The number of pyridine rings is 1. The molecule has 4 rings (SSSR count). The Morgan fingerprint density at radius 2 is 1.45 bits per heavy atom. The molecule has 0 atom stereocenters. The third kappa shape index (κ3) is 5.54. The van der Waals surface area contributed by atoms with E-state index < -0.39 is 0 Å². The number of hydrogen-bond acceptors (Lipinski definition) is 4. The van der Waals surface area contributed by atoms with Crippen molar-refractivity contribution in [1.82, 2.24) is 14.8 Å². The van der Waals surface area contributed by atoms with Gasteiger partial charge in [-0.15, -0.1) is 0 Å². The molecule has 2 aromatic heterocycles. The first-order chi connectivity index (χ1) is 15.2. The molecule has 0 aliphatic heterocycles. The number of hydrogen-bond donors (Lipinski definition) is 3. The minimum atomic E-state index is -0.358. The molecule has 3 amide bonds. The summed E-state index contributed by atoms with van der Waals surface area (Å²) in [7, 11) is 0. The fourth-order valence-electron chi connectivity index (χ4n) is 2.90. The standard InChI is InChI=1S/C23H20N6O2/c30-22(27-21-12-15-29(28-21)16-17-10-13-24-14-11-17)18-6-8-20(9-7-18)26-23(31)25-19-4-2-1-3-5-19/h1-15H,16H2,(H2,25,26,31)(H,27,28,30). The zero-order valence-electron chi connectivity index (χ0n) is 16.5. The van der Waals surface area contributed by atoms with Crippen molar-refractivity contribution in [1.29, 1.82) is 0 Å². The van der Waals surface area contributed by atoms with Gasteiger partial charge in [-0.25, -0.2) is 4.79 Å². The quantitative estimate of drug-likeness (QED) is 0.441. The van der Waals surface area contributed by atoms with Crippen LogP contribution < -0.4 is 16.0 Å². The summed E-state index contributed by atoms with van der Waals surface area (Å²) in [6.07, 6.45) is 5.26. The van der Waals surface area contributed by atoms with Gasteiger partial charge >= 0.3 is 6.03 Å². The smallest absolute Gasteiger partial charge is 0.308 e. The van der Waals surface area contributed by atoms with Crippen LogP contribution in [0, 0.1) is 0 Å². The Bertz CT molecular complexity index is 1160. The summed E-state index contributed by atoms with van der Waals surface area (Å²) in [5.74, 6) is 0.179. The van der Waals surface area contributed by atoms with Crippen molar-refractivity contribution in [3.63, 3.8) is 0 Å². The predicted molar refractivity (Wildman–Crippen MR) is 119 cm³/mol. The van der Waals surface area contributed by atoms with Gasteiger partial charge in [-0.05, 0) is 54.1 Å². The number of carbonyl (C=O) groups is 2. The number of benzene rings is 2. The van der Waals surface area contributed by atoms with Gasteiger partial charge in [-0.2, -0.15) is 5.10 Å². The monoisotopic (exact) mass is 412 g/mol. The number of nitrogens with one attached hydrogen (secondary N) is 3. The molecule has 0 saturated heterocycles. The highest BCUT2D eigenvalue weighted by atomic mass is 16.2. The van der Waals surface area contributed by atoms with E-state index in [2.05, 4.69) is 26.0 Å². The Hall–Kier alpha value is -4.46. The first-order valence-corrected chi connectivity index (χ1v) is 9.62. The largest absolute Gasteiger partial charge is 0.323 e. The SMILES string of the molecule is O=C(Nc1ccccc1)Nc1ccc(C(=O)Nc2ccn(Cc3ccncc3)n2)cc1. The van der Waals surface area contributed by atoms with E-state index in [4.69, 9.17) is 0 Å². The highest BCUT2D eigenvalue weighted by Gasteiger charge is 2.09. The van der Waals surface area contributed by atoms with Gasteiger partial charge in [-0.1, -0.05) is 18.2 Å². The topological polar surface area (TPSA) is 101 Å². The van der Waals surface area contributed by atoms with Crippen LogP contribution in [0.4, 0.5) is 22.0 Å². The molecule has 0 fully saturated rings. The lowest BCUT2D eigenvalue weighted by Crippen LogP contribution is -2.19. The maximum Gasteiger partial charge on any atom is 0.323 e. The van der Waals surface area contributed by atoms with Gasteiger partial charge in [0.25, 0.3) is 5.91 Å². The van der Waals surface area contributed by atoms with Gasteiger partial charge < -0.3 is 16.0 Å². The average molecular weight is 412 g/mol. The molecule has 4 aromatic rings. The number of aromatic nitrogens is 3. The molecule has 0 spiro atoms. The molecule has 0 unspecified atom stereocenters. The highest BCUT2D eigenvalue weighted by Crippen LogP contribution is 2.13. The molecule has 0 aliphatic rings. The second-order valence-electron chi connectivity index (χ2n) is 6.73. The first-order valence-electron chi connectivity index (χ1n) is 9.62. The highest BCUT2D eigenvalue weighted by molar-refractivity contribution is 6.04. The van der Waals surface area contributed by atoms with Gasteiger partial charge in [0.2, 0.25) is 0 Å². The van der Waals surface area contributed by atoms with E-state index in [1.807, 2.05) is 30.3 Å². The summed E-state index contributed by atoms with van der Waals surface area (Å²) in [6.45, 7) is 0.587. The van der Waals surface area contributed by atoms with Crippen LogP contribution in [0.2, 0.25) is 0 Å². The molecule has 154 valence electrons. The summed E-state index contributed by atoms with van der Waals surface area (Å²) in [5, 5.41) is 12.6. The molecule has 0 radical (unpaired) electrons. The van der Waals surface area contributed by atoms with Crippen LogP contribution in [-0.4, -0.2) is 26.7 Å². The predicted octanol–water partition coefficient (Wildman–Crippen LogP) is 4.22. The minimum absolute atomic E-state index is 0.283. The Balaban J connectivity index is 1.31. The van der Waals surface area contributed by atoms with Crippen LogP contribution in [0.15, 0.2) is 91.4 Å². The lowest BCUT2D eigenvalue weighted by molar-refractivity contribution is 0.102. The molecule has 3 N–H and O–H groups in total. The maximum atomic E-state index is 12.5. The van der Waals surface area contributed by atoms with Gasteiger partial charge in [0, 0.05) is 41.6 Å². The molecular weight excluding hydrogens is 392 g/mol. The number of amides is 3. The fraction of sp³-hybridized carbons (Fsp3) is 0.0435. The Labute approximate surface area is 178 Å². The van der Waals surface area contributed by atoms with Crippen molar-refractivity contribution in [2.75, 3.05) is 16.0 Å². The van der Waals surface area contributed by atoms with Crippen LogP contribution in [-0.2, 0) is 6.54 Å². The van der Waals surface area contributed by atoms with Crippen molar-refractivity contribution >= 4 is 29.1 Å². The summed E-state index contributed by atoms with van der Waals surface area (Å²) < 4.78 is 1.74. The molecule has 31 heavy (non-hydrogen) atoms. The van der Waals surface area contributed by atoms with Crippen LogP contribution in [0.1, 0.15) is 15.9 Å². The molecule has 0 aliphatic carbocycles. The van der Waals surface area contributed by atoms with Gasteiger partial charge in [0.15, 0.2) is 5.82 Å². The lowest BCUT2D eigenvalue weighted by Gasteiger charge is -2.08. The van der Waals surface area contributed by atoms with E-state index in [1.165, 1.54) is 0 Å². The van der Waals surface area contributed by atoms with Crippen molar-refractivity contribution in [2.24, 2.45) is 0 Å². The second kappa shape index (κ2) is 9.36. The molecule has 2 aromatic carbocycles. The maximum absolute atomic E-state index is 12.5. The van der Waals surface area contributed by atoms with E-state index in [0.717, 1.165) is 5.56 Å². The Morgan fingerprint density at radius 3 is 2.16 bits per heavy atom. The Kier molecular flexibility index (Phi) is 5.99. The zero-order valence-corrected chi connectivity index (χ0v) is 16.5. The Morgan fingerprint density at radius 1 is 0.774 bits per heavy atom. The summed E-state index contributed by atoms with van der Waals surface area (Å²) in [4.78, 5) is 28.5. The van der Waals surface area contributed by atoms with Crippen molar-refractivity contribution < 1.29 is 9.59 Å². The summed E-state index contributed by atoms with van der Waals surface area (Å²) in [6, 6.07) is 21.0. The van der Waals surface area contributed by atoms with Crippen molar-refractivity contribution in [2.45, 2.75) is 6.54 Å². The first kappa shape index (κ1) is 19.8. The second-order valence-corrected chi connectivity index (χ2v) is 6.73. The van der Waals surface area contributed by atoms with Crippen LogP contribution in [0.3, 0.4) is 0 Å². The number of nitrogens with zero attached hydrogens (tertiary/aromatic N) is 3. The van der Waals surface area contributed by atoms with Gasteiger partial charge in [-0.3, -0.25) is 14.5 Å².